The molecule has 2 aromatic heterocycles. The number of rotatable bonds is 8. The Morgan fingerprint density at radius 1 is 1.12 bits per heavy atom. The topological polar surface area (TPSA) is 76.0 Å². The van der Waals surface area contributed by atoms with Crippen LogP contribution in [0.2, 0.25) is 0 Å². The summed E-state index contributed by atoms with van der Waals surface area (Å²) in [5, 5.41) is 7.51. The van der Waals surface area contributed by atoms with Crippen molar-refractivity contribution < 1.29 is 9.59 Å². The molecule has 2 heterocycles. The molecule has 0 fully saturated rings. The van der Waals surface area contributed by atoms with E-state index in [0.717, 1.165) is 29.8 Å². The normalized spacial score (nSPS) is 10.8. The molecule has 0 aliphatic rings. The maximum atomic E-state index is 11.9. The molecule has 3 rings (SSSR count). The first kappa shape index (κ1) is 18.1. The second-order valence-electron chi connectivity index (χ2n) is 5.99. The Kier molecular flexibility index (Phi) is 6.01. The van der Waals surface area contributed by atoms with Gasteiger partial charge in [-0.05, 0) is 36.9 Å². The Morgan fingerprint density at radius 3 is 2.77 bits per heavy atom. The van der Waals surface area contributed by atoms with Gasteiger partial charge in [-0.15, -0.1) is 11.3 Å². The number of carbonyl (C=O) groups excluding carboxylic acids is 2. The van der Waals surface area contributed by atoms with E-state index in [2.05, 4.69) is 26.3 Å². The van der Waals surface area contributed by atoms with Gasteiger partial charge in [-0.3, -0.25) is 9.59 Å². The number of amides is 2. The SMILES string of the molecule is Cc1nc2ccccc2n1CCCNC(=O)CCNC(=O)c1cccs1. The lowest BCUT2D eigenvalue weighted by Crippen LogP contribution is -2.31. The zero-order valence-corrected chi connectivity index (χ0v) is 15.5. The highest BCUT2D eigenvalue weighted by atomic mass is 32.1. The second-order valence-corrected chi connectivity index (χ2v) is 6.93. The molecule has 1 aromatic carbocycles. The summed E-state index contributed by atoms with van der Waals surface area (Å²) in [4.78, 5) is 28.9. The van der Waals surface area contributed by atoms with Crippen molar-refractivity contribution in [2.75, 3.05) is 13.1 Å². The van der Waals surface area contributed by atoms with E-state index < -0.39 is 0 Å². The lowest BCUT2D eigenvalue weighted by molar-refractivity contribution is -0.120. The molecule has 0 aliphatic carbocycles. The van der Waals surface area contributed by atoms with Gasteiger partial charge in [0.1, 0.15) is 5.82 Å². The summed E-state index contributed by atoms with van der Waals surface area (Å²) in [6.07, 6.45) is 1.11. The van der Waals surface area contributed by atoms with Crippen molar-refractivity contribution in [1.29, 1.82) is 0 Å². The number of aromatic nitrogens is 2. The standard InChI is InChI=1S/C19H22N4O2S/c1-14-22-15-6-2-3-7-16(15)23(14)12-5-10-20-18(24)9-11-21-19(25)17-8-4-13-26-17/h2-4,6-8,13H,5,9-12H2,1H3,(H,20,24)(H,21,25). The Labute approximate surface area is 156 Å². The predicted molar refractivity (Wildman–Crippen MR) is 103 cm³/mol. The summed E-state index contributed by atoms with van der Waals surface area (Å²) in [5.74, 6) is 0.799. The third-order valence-electron chi connectivity index (χ3n) is 4.11. The van der Waals surface area contributed by atoms with Crippen molar-refractivity contribution >= 4 is 34.2 Å². The Morgan fingerprint density at radius 2 is 1.96 bits per heavy atom. The van der Waals surface area contributed by atoms with Crippen molar-refractivity contribution in [1.82, 2.24) is 20.2 Å². The van der Waals surface area contributed by atoms with E-state index in [9.17, 15) is 9.59 Å². The molecule has 0 bridgehead atoms. The van der Waals surface area contributed by atoms with Crippen LogP contribution in [-0.4, -0.2) is 34.5 Å². The molecule has 2 amide bonds. The molecule has 0 radical (unpaired) electrons. The first-order valence-corrected chi connectivity index (χ1v) is 9.53. The quantitative estimate of drug-likeness (QED) is 0.599. The average molecular weight is 370 g/mol. The minimum atomic E-state index is -0.129. The van der Waals surface area contributed by atoms with Crippen molar-refractivity contribution in [3.63, 3.8) is 0 Å². The molecule has 0 saturated carbocycles. The molecular weight excluding hydrogens is 348 g/mol. The second kappa shape index (κ2) is 8.62. The molecule has 0 unspecified atom stereocenters. The molecule has 2 N–H and O–H groups in total. The van der Waals surface area contributed by atoms with Crippen LogP contribution in [0.1, 0.15) is 28.3 Å². The van der Waals surface area contributed by atoms with Crippen molar-refractivity contribution in [2.45, 2.75) is 26.3 Å². The van der Waals surface area contributed by atoms with Crippen molar-refractivity contribution in [3.05, 3.63) is 52.5 Å². The summed E-state index contributed by atoms with van der Waals surface area (Å²) in [6, 6.07) is 11.7. The summed E-state index contributed by atoms with van der Waals surface area (Å²) < 4.78 is 2.17. The molecule has 0 aliphatic heterocycles. The zero-order valence-electron chi connectivity index (χ0n) is 14.7. The molecule has 136 valence electrons. The van der Waals surface area contributed by atoms with Crippen LogP contribution in [0, 0.1) is 6.92 Å². The number of imidazole rings is 1. The number of para-hydroxylation sites is 2. The Hall–Kier alpha value is -2.67. The third kappa shape index (κ3) is 4.49. The third-order valence-corrected chi connectivity index (χ3v) is 4.98. The average Bonchev–Trinajstić information content (AvgIpc) is 3.26. The number of benzene rings is 1. The summed E-state index contributed by atoms with van der Waals surface area (Å²) in [7, 11) is 0. The maximum Gasteiger partial charge on any atom is 0.261 e. The smallest absolute Gasteiger partial charge is 0.261 e. The number of nitrogens with one attached hydrogen (secondary N) is 2. The van der Waals surface area contributed by atoms with E-state index in [1.165, 1.54) is 11.3 Å². The summed E-state index contributed by atoms with van der Waals surface area (Å²) in [5.41, 5.74) is 2.11. The number of hydrogen-bond donors (Lipinski definition) is 2. The van der Waals surface area contributed by atoms with E-state index in [-0.39, 0.29) is 18.2 Å². The number of thiophene rings is 1. The van der Waals surface area contributed by atoms with E-state index in [0.29, 0.717) is 18.0 Å². The fraction of sp³-hybridized carbons (Fsp3) is 0.316. The van der Waals surface area contributed by atoms with Gasteiger partial charge in [0.25, 0.3) is 5.91 Å². The fourth-order valence-corrected chi connectivity index (χ4v) is 3.46. The van der Waals surface area contributed by atoms with Crippen molar-refractivity contribution in [3.8, 4) is 0 Å². The fourth-order valence-electron chi connectivity index (χ4n) is 2.82. The highest BCUT2D eigenvalue weighted by Crippen LogP contribution is 2.15. The number of aryl methyl sites for hydroxylation is 2. The van der Waals surface area contributed by atoms with Crippen molar-refractivity contribution in [2.24, 2.45) is 0 Å². The first-order valence-electron chi connectivity index (χ1n) is 8.65. The molecule has 3 aromatic rings. The molecule has 6 nitrogen and oxygen atoms in total. The maximum absolute atomic E-state index is 11.9. The Bertz CT molecular complexity index is 886. The van der Waals surface area contributed by atoms with Crippen LogP contribution in [0.3, 0.4) is 0 Å². The molecule has 7 heteroatoms. The van der Waals surface area contributed by atoms with Gasteiger partial charge in [0.2, 0.25) is 5.91 Å². The molecule has 26 heavy (non-hydrogen) atoms. The predicted octanol–water partition coefficient (Wildman–Crippen LogP) is 2.73. The van der Waals surface area contributed by atoms with Gasteiger partial charge in [-0.2, -0.15) is 0 Å². The number of carbonyl (C=O) groups is 2. The number of fused-ring (bicyclic) bond motifs is 1. The van der Waals surface area contributed by atoms with Gasteiger partial charge in [0.05, 0.1) is 15.9 Å². The van der Waals surface area contributed by atoms with Crippen LogP contribution in [0.25, 0.3) is 11.0 Å². The zero-order chi connectivity index (χ0) is 18.4. The summed E-state index contributed by atoms with van der Waals surface area (Å²) >= 11 is 1.39. The van der Waals surface area contributed by atoms with Crippen LogP contribution in [0.4, 0.5) is 0 Å². The van der Waals surface area contributed by atoms with Crippen LogP contribution < -0.4 is 10.6 Å². The van der Waals surface area contributed by atoms with E-state index >= 15 is 0 Å². The van der Waals surface area contributed by atoms with Crippen LogP contribution >= 0.6 is 11.3 Å². The number of hydrogen-bond acceptors (Lipinski definition) is 4. The molecule has 0 spiro atoms. The van der Waals surface area contributed by atoms with Gasteiger partial charge in [0, 0.05) is 26.1 Å². The van der Waals surface area contributed by atoms with Gasteiger partial charge in [-0.25, -0.2) is 4.98 Å². The lowest BCUT2D eigenvalue weighted by atomic mass is 10.3. The first-order chi connectivity index (χ1) is 12.6. The van der Waals surface area contributed by atoms with Gasteiger partial charge in [0.15, 0.2) is 0 Å². The minimum Gasteiger partial charge on any atom is -0.356 e. The van der Waals surface area contributed by atoms with Gasteiger partial charge < -0.3 is 15.2 Å². The highest BCUT2D eigenvalue weighted by molar-refractivity contribution is 7.12. The van der Waals surface area contributed by atoms with Gasteiger partial charge >= 0.3 is 0 Å². The van der Waals surface area contributed by atoms with Crippen LogP contribution in [-0.2, 0) is 11.3 Å². The van der Waals surface area contributed by atoms with Gasteiger partial charge in [-0.1, -0.05) is 18.2 Å². The van der Waals surface area contributed by atoms with Crippen LogP contribution in [0.5, 0.6) is 0 Å². The highest BCUT2D eigenvalue weighted by Gasteiger charge is 2.08. The largest absolute Gasteiger partial charge is 0.356 e. The number of nitrogens with zero attached hydrogens (tertiary/aromatic N) is 2. The lowest BCUT2D eigenvalue weighted by Gasteiger charge is -2.08. The van der Waals surface area contributed by atoms with E-state index in [4.69, 9.17) is 0 Å². The monoisotopic (exact) mass is 370 g/mol. The van der Waals surface area contributed by atoms with Crippen LogP contribution in [0.15, 0.2) is 41.8 Å². The Balaban J connectivity index is 1.36. The van der Waals surface area contributed by atoms with E-state index in [1.54, 1.807) is 6.07 Å². The van der Waals surface area contributed by atoms with E-state index in [1.807, 2.05) is 36.6 Å². The molecular formula is C19H22N4O2S. The summed E-state index contributed by atoms with van der Waals surface area (Å²) in [6.45, 7) is 3.74. The minimum absolute atomic E-state index is 0.0521. The molecule has 0 saturated heterocycles. The molecule has 0 atom stereocenters.